The molecule has 0 aliphatic heterocycles. The summed E-state index contributed by atoms with van der Waals surface area (Å²) in [7, 11) is 3.92. The van der Waals surface area contributed by atoms with Crippen molar-refractivity contribution in [3.63, 3.8) is 0 Å². The lowest BCUT2D eigenvalue weighted by molar-refractivity contribution is 0.0922. The molecular weight excluding hydrogens is 258 g/mol. The number of carbonyl (C=O) groups excluding carboxylic acids is 1. The molecular formula is C14H17N3O3. The summed E-state index contributed by atoms with van der Waals surface area (Å²) in [5, 5.41) is 0. The van der Waals surface area contributed by atoms with Crippen LogP contribution in [0.4, 0.5) is 5.69 Å². The first kappa shape index (κ1) is 14.0. The molecule has 2 rings (SSSR count). The lowest BCUT2D eigenvalue weighted by atomic mass is 10.3. The van der Waals surface area contributed by atoms with E-state index in [1.165, 1.54) is 0 Å². The first-order chi connectivity index (χ1) is 9.60. The van der Waals surface area contributed by atoms with Crippen LogP contribution in [0.5, 0.6) is 5.75 Å². The van der Waals surface area contributed by atoms with Gasteiger partial charge in [-0.1, -0.05) is 6.07 Å². The van der Waals surface area contributed by atoms with Crippen molar-refractivity contribution in [2.24, 2.45) is 5.84 Å². The maximum atomic E-state index is 11.2. The van der Waals surface area contributed by atoms with Crippen LogP contribution in [0.2, 0.25) is 0 Å². The van der Waals surface area contributed by atoms with Gasteiger partial charge in [0, 0.05) is 25.8 Å². The zero-order chi connectivity index (χ0) is 14.5. The number of nitrogen functional groups attached to an aromatic ring is 1. The van der Waals surface area contributed by atoms with E-state index in [4.69, 9.17) is 15.0 Å². The van der Waals surface area contributed by atoms with Crippen molar-refractivity contribution in [2.75, 3.05) is 19.0 Å². The number of hydrogen-bond donors (Lipinski definition) is 2. The molecule has 0 unspecified atom stereocenters. The number of ether oxygens (including phenoxy) is 1. The van der Waals surface area contributed by atoms with E-state index < -0.39 is 5.91 Å². The van der Waals surface area contributed by atoms with E-state index in [2.05, 4.69) is 0 Å². The number of anilines is 1. The third kappa shape index (κ3) is 3.30. The molecule has 20 heavy (non-hydrogen) atoms. The number of rotatable bonds is 5. The lowest BCUT2D eigenvalue weighted by Crippen LogP contribution is -2.29. The summed E-state index contributed by atoms with van der Waals surface area (Å²) in [4.78, 5) is 13.2. The first-order valence-corrected chi connectivity index (χ1v) is 6.10. The van der Waals surface area contributed by atoms with Gasteiger partial charge in [-0.05, 0) is 24.3 Å². The van der Waals surface area contributed by atoms with Crippen LogP contribution in [0, 0.1) is 0 Å². The van der Waals surface area contributed by atoms with Crippen LogP contribution in [0.25, 0.3) is 0 Å². The number of hydrogen-bond acceptors (Lipinski definition) is 5. The van der Waals surface area contributed by atoms with Crippen molar-refractivity contribution in [3.8, 4) is 5.75 Å². The molecule has 0 aliphatic carbocycles. The molecule has 6 heteroatoms. The Morgan fingerprint density at radius 3 is 2.85 bits per heavy atom. The van der Waals surface area contributed by atoms with Crippen LogP contribution in [-0.4, -0.2) is 20.0 Å². The van der Waals surface area contributed by atoms with Crippen LogP contribution in [-0.2, 0) is 6.61 Å². The van der Waals surface area contributed by atoms with Crippen molar-refractivity contribution in [1.29, 1.82) is 0 Å². The highest BCUT2D eigenvalue weighted by Gasteiger charge is 2.09. The van der Waals surface area contributed by atoms with Gasteiger partial charge < -0.3 is 14.1 Å². The monoisotopic (exact) mass is 275 g/mol. The van der Waals surface area contributed by atoms with Gasteiger partial charge in [0.15, 0.2) is 5.76 Å². The Labute approximate surface area is 117 Å². The number of benzene rings is 1. The summed E-state index contributed by atoms with van der Waals surface area (Å²) in [6, 6.07) is 10.9. The van der Waals surface area contributed by atoms with Gasteiger partial charge in [0.05, 0.1) is 0 Å². The maximum Gasteiger partial charge on any atom is 0.300 e. The van der Waals surface area contributed by atoms with Gasteiger partial charge in [-0.15, -0.1) is 0 Å². The summed E-state index contributed by atoms with van der Waals surface area (Å²) in [6.07, 6.45) is 0. The molecule has 3 N–H and O–H groups in total. The van der Waals surface area contributed by atoms with Gasteiger partial charge in [0.25, 0.3) is 0 Å². The predicted octanol–water partition coefficient (Wildman–Crippen LogP) is 1.53. The van der Waals surface area contributed by atoms with E-state index in [-0.39, 0.29) is 12.4 Å². The largest absolute Gasteiger partial charge is 0.486 e. The fourth-order valence-corrected chi connectivity index (χ4v) is 1.65. The number of amides is 1. The molecule has 0 aliphatic rings. The van der Waals surface area contributed by atoms with Crippen LogP contribution in [0.3, 0.4) is 0 Å². The molecule has 0 spiro atoms. The van der Waals surface area contributed by atoms with Gasteiger partial charge in [-0.3, -0.25) is 10.2 Å². The van der Waals surface area contributed by atoms with Crippen molar-refractivity contribution in [2.45, 2.75) is 6.61 Å². The van der Waals surface area contributed by atoms with Gasteiger partial charge in [-0.2, -0.15) is 0 Å². The van der Waals surface area contributed by atoms with Crippen molar-refractivity contribution in [1.82, 2.24) is 5.43 Å². The van der Waals surface area contributed by atoms with Crippen molar-refractivity contribution in [3.05, 3.63) is 47.9 Å². The van der Waals surface area contributed by atoms with Crippen molar-refractivity contribution >= 4 is 11.6 Å². The Morgan fingerprint density at radius 1 is 1.35 bits per heavy atom. The van der Waals surface area contributed by atoms with Crippen LogP contribution >= 0.6 is 0 Å². The topological polar surface area (TPSA) is 80.7 Å². The summed E-state index contributed by atoms with van der Waals surface area (Å²) < 4.78 is 10.9. The highest BCUT2D eigenvalue weighted by atomic mass is 16.5. The molecule has 0 saturated carbocycles. The van der Waals surface area contributed by atoms with E-state index in [9.17, 15) is 4.79 Å². The number of nitrogens with one attached hydrogen (secondary N) is 1. The summed E-state index contributed by atoms with van der Waals surface area (Å²) in [5.74, 6) is 6.01. The standard InChI is InChI=1S/C14H17N3O3/c1-17(2)10-4-3-5-11(8-10)19-9-12-6-7-13(20-12)14(18)16-15/h3-8H,9,15H2,1-2H3,(H,16,18). The number of carbonyl (C=O) groups is 1. The minimum Gasteiger partial charge on any atom is -0.486 e. The Balaban J connectivity index is 2.00. The van der Waals surface area contributed by atoms with E-state index >= 15 is 0 Å². The molecule has 0 radical (unpaired) electrons. The van der Waals surface area contributed by atoms with E-state index in [0.717, 1.165) is 11.4 Å². The molecule has 1 heterocycles. The second kappa shape index (κ2) is 6.12. The van der Waals surface area contributed by atoms with Crippen LogP contribution in [0.15, 0.2) is 40.8 Å². The van der Waals surface area contributed by atoms with Gasteiger partial charge in [0.2, 0.25) is 0 Å². The first-order valence-electron chi connectivity index (χ1n) is 6.10. The normalized spacial score (nSPS) is 10.2. The zero-order valence-corrected chi connectivity index (χ0v) is 11.4. The second-order valence-corrected chi connectivity index (χ2v) is 4.42. The quantitative estimate of drug-likeness (QED) is 0.491. The number of nitrogens with two attached hydrogens (primary N) is 1. The Morgan fingerprint density at radius 2 is 2.15 bits per heavy atom. The molecule has 6 nitrogen and oxygen atoms in total. The van der Waals surface area contributed by atoms with E-state index in [1.54, 1.807) is 12.1 Å². The maximum absolute atomic E-state index is 11.2. The molecule has 2 aromatic rings. The number of hydrazine groups is 1. The summed E-state index contributed by atoms with van der Waals surface area (Å²) in [6.45, 7) is 0.245. The Bertz CT molecular complexity index is 593. The highest BCUT2D eigenvalue weighted by molar-refractivity contribution is 5.90. The average molecular weight is 275 g/mol. The fourth-order valence-electron chi connectivity index (χ4n) is 1.65. The molecule has 106 valence electrons. The van der Waals surface area contributed by atoms with Gasteiger partial charge in [-0.25, -0.2) is 5.84 Å². The number of furan rings is 1. The van der Waals surface area contributed by atoms with Gasteiger partial charge in [0.1, 0.15) is 18.1 Å². The Hall–Kier alpha value is -2.47. The zero-order valence-electron chi connectivity index (χ0n) is 11.4. The lowest BCUT2D eigenvalue weighted by Gasteiger charge is -2.13. The molecule has 0 atom stereocenters. The minimum atomic E-state index is -0.467. The van der Waals surface area contributed by atoms with Crippen molar-refractivity contribution < 1.29 is 13.9 Å². The Kier molecular flexibility index (Phi) is 4.27. The fraction of sp³-hybridized carbons (Fsp3) is 0.214. The molecule has 0 bridgehead atoms. The van der Waals surface area contributed by atoms with Gasteiger partial charge >= 0.3 is 5.91 Å². The molecule has 0 fully saturated rings. The summed E-state index contributed by atoms with van der Waals surface area (Å²) >= 11 is 0. The third-order valence-electron chi connectivity index (χ3n) is 2.73. The summed E-state index contributed by atoms with van der Waals surface area (Å²) in [5.41, 5.74) is 3.06. The SMILES string of the molecule is CN(C)c1cccc(OCc2ccc(C(=O)NN)o2)c1. The molecule has 0 saturated heterocycles. The van der Waals surface area contributed by atoms with E-state index in [1.807, 2.05) is 48.7 Å². The molecule has 1 amide bonds. The third-order valence-corrected chi connectivity index (χ3v) is 2.73. The van der Waals surface area contributed by atoms with E-state index in [0.29, 0.717) is 5.76 Å². The second-order valence-electron chi connectivity index (χ2n) is 4.42. The molecule has 1 aromatic carbocycles. The smallest absolute Gasteiger partial charge is 0.300 e. The molecule has 1 aromatic heterocycles. The van der Waals surface area contributed by atoms with Crippen LogP contribution in [0.1, 0.15) is 16.3 Å². The number of nitrogens with zero attached hydrogens (tertiary/aromatic N) is 1. The van der Waals surface area contributed by atoms with Crippen LogP contribution < -0.4 is 20.9 Å². The average Bonchev–Trinajstić information content (AvgIpc) is 2.93. The predicted molar refractivity (Wildman–Crippen MR) is 75.5 cm³/mol. The highest BCUT2D eigenvalue weighted by Crippen LogP contribution is 2.20. The minimum absolute atomic E-state index is 0.160.